The number of fused-ring (bicyclic) bond motifs is 1. The number of amides is 1. The lowest BCUT2D eigenvalue weighted by molar-refractivity contribution is -0.151. The second kappa shape index (κ2) is 7.88. The van der Waals surface area contributed by atoms with Crippen LogP contribution in [0.1, 0.15) is 23.2 Å². The number of rotatable bonds is 3. The number of phenols is 1. The van der Waals surface area contributed by atoms with Crippen molar-refractivity contribution in [3.8, 4) is 17.5 Å². The van der Waals surface area contributed by atoms with Crippen LogP contribution in [0.5, 0.6) is 17.5 Å². The minimum absolute atomic E-state index is 0.0545. The summed E-state index contributed by atoms with van der Waals surface area (Å²) in [5, 5.41) is 29.2. The maximum absolute atomic E-state index is 12.8. The molecule has 1 saturated heterocycles. The van der Waals surface area contributed by atoms with Gasteiger partial charge in [0, 0.05) is 36.7 Å². The summed E-state index contributed by atoms with van der Waals surface area (Å²) in [4.78, 5) is 43.8. The van der Waals surface area contributed by atoms with E-state index in [-0.39, 0.29) is 47.8 Å². The molecule has 0 atom stereocenters. The summed E-state index contributed by atoms with van der Waals surface area (Å²) in [5.41, 5.74) is -0.932. The molecule has 31 heavy (non-hydrogen) atoms. The third-order valence-corrected chi connectivity index (χ3v) is 5.43. The van der Waals surface area contributed by atoms with Crippen molar-refractivity contribution >= 4 is 34.4 Å². The summed E-state index contributed by atoms with van der Waals surface area (Å²) in [6.07, 6.45) is 0.540. The zero-order valence-corrected chi connectivity index (χ0v) is 16.7. The van der Waals surface area contributed by atoms with Crippen LogP contribution in [-0.2, 0) is 4.79 Å². The summed E-state index contributed by atoms with van der Waals surface area (Å²) in [6.45, 7) is 0.381. The topological polar surface area (TPSA) is 142 Å². The van der Waals surface area contributed by atoms with Crippen LogP contribution in [0.2, 0.25) is 5.02 Å². The third kappa shape index (κ3) is 3.89. The molecule has 11 heteroatoms. The summed E-state index contributed by atoms with van der Waals surface area (Å²) >= 11 is 5.88. The molecule has 3 aromatic rings. The number of hydrogen-bond donors (Lipinski definition) is 3. The Labute approximate surface area is 179 Å². The van der Waals surface area contributed by atoms with Crippen LogP contribution in [0.25, 0.3) is 11.0 Å². The van der Waals surface area contributed by atoms with Gasteiger partial charge < -0.3 is 29.5 Å². The molecule has 0 radical (unpaired) electrons. The van der Waals surface area contributed by atoms with Gasteiger partial charge in [-0.15, -0.1) is 4.73 Å². The predicted octanol–water partition coefficient (Wildman–Crippen LogP) is 1.87. The highest BCUT2D eigenvalue weighted by Gasteiger charge is 2.31. The Morgan fingerprint density at radius 1 is 1.06 bits per heavy atom. The number of carbonyl (C=O) groups excluding carboxylic acids is 2. The number of carbonyl (C=O) groups is 2. The van der Waals surface area contributed by atoms with Crippen molar-refractivity contribution in [2.45, 2.75) is 12.8 Å². The molecule has 2 aromatic heterocycles. The van der Waals surface area contributed by atoms with Gasteiger partial charge in [-0.2, -0.15) is 0 Å². The highest BCUT2D eigenvalue weighted by Crippen LogP contribution is 2.29. The second-order valence-electron chi connectivity index (χ2n) is 7.11. The molecule has 0 bridgehead atoms. The first-order valence-corrected chi connectivity index (χ1v) is 9.70. The van der Waals surface area contributed by atoms with E-state index < -0.39 is 35.2 Å². The number of nitrogens with zero attached hydrogens (tertiary/aromatic N) is 2. The van der Waals surface area contributed by atoms with Crippen LogP contribution in [0.15, 0.2) is 39.5 Å². The quantitative estimate of drug-likeness (QED) is 0.515. The van der Waals surface area contributed by atoms with E-state index in [0.717, 1.165) is 0 Å². The van der Waals surface area contributed by atoms with Gasteiger partial charge in [-0.3, -0.25) is 4.79 Å². The van der Waals surface area contributed by atoms with Gasteiger partial charge in [0.2, 0.25) is 11.8 Å². The van der Waals surface area contributed by atoms with E-state index in [1.54, 1.807) is 0 Å². The molecule has 1 aliphatic heterocycles. The Hall–Kier alpha value is -3.66. The smallest absolute Gasteiger partial charge is 0.349 e. The lowest BCUT2D eigenvalue weighted by Gasteiger charge is -2.30. The molecule has 1 aromatic carbocycles. The predicted molar refractivity (Wildman–Crippen MR) is 107 cm³/mol. The van der Waals surface area contributed by atoms with Crippen molar-refractivity contribution < 1.29 is 34.2 Å². The normalized spacial score (nSPS) is 14.7. The van der Waals surface area contributed by atoms with Crippen LogP contribution in [0.3, 0.4) is 0 Å². The number of aromatic nitrogens is 1. The van der Waals surface area contributed by atoms with E-state index in [9.17, 15) is 29.7 Å². The lowest BCUT2D eigenvalue weighted by atomic mass is 9.96. The summed E-state index contributed by atoms with van der Waals surface area (Å²) in [6, 6.07) is 6.29. The van der Waals surface area contributed by atoms with E-state index in [1.807, 2.05) is 0 Å². The van der Waals surface area contributed by atoms with Gasteiger partial charge in [-0.05, 0) is 25.0 Å². The minimum atomic E-state index is -0.848. The van der Waals surface area contributed by atoms with Crippen LogP contribution >= 0.6 is 11.6 Å². The number of piperidine rings is 1. The van der Waals surface area contributed by atoms with Crippen LogP contribution in [0, 0.1) is 5.92 Å². The molecule has 4 rings (SSSR count). The molecule has 1 fully saturated rings. The standard InChI is InChI=1S/C20H17ClN2O8/c21-13-8-11-7-12(20(29)30-15(11)9-14(13)24)18(27)22-5-3-10(4-6-22)19(28)31-23-16(25)1-2-17(23)26/h1-2,7-10,24-26H,3-6H2. The monoisotopic (exact) mass is 448 g/mol. The average molecular weight is 449 g/mol. The highest BCUT2D eigenvalue weighted by atomic mass is 35.5. The Balaban J connectivity index is 1.46. The van der Waals surface area contributed by atoms with Crippen LogP contribution < -0.4 is 10.5 Å². The van der Waals surface area contributed by atoms with Crippen molar-refractivity contribution in [2.75, 3.05) is 13.1 Å². The number of hydrogen-bond acceptors (Lipinski definition) is 8. The number of likely N-dealkylation sites (tertiary alicyclic amines) is 1. The second-order valence-corrected chi connectivity index (χ2v) is 7.52. The van der Waals surface area contributed by atoms with Gasteiger partial charge in [0.25, 0.3) is 5.91 Å². The maximum atomic E-state index is 12.8. The molecule has 1 aliphatic rings. The Morgan fingerprint density at radius 3 is 2.35 bits per heavy atom. The fourth-order valence-electron chi connectivity index (χ4n) is 3.43. The molecule has 10 nitrogen and oxygen atoms in total. The first kappa shape index (κ1) is 20.6. The minimum Gasteiger partial charge on any atom is -0.506 e. The molecule has 0 aliphatic carbocycles. The number of phenolic OH excluding ortho intramolecular Hbond substituents is 1. The van der Waals surface area contributed by atoms with Gasteiger partial charge in [0.1, 0.15) is 16.9 Å². The molecule has 0 unspecified atom stereocenters. The van der Waals surface area contributed by atoms with Crippen molar-refractivity contribution in [2.24, 2.45) is 5.92 Å². The van der Waals surface area contributed by atoms with Crippen LogP contribution in [-0.4, -0.2) is 49.9 Å². The lowest BCUT2D eigenvalue weighted by Crippen LogP contribution is -2.43. The molecule has 3 heterocycles. The highest BCUT2D eigenvalue weighted by molar-refractivity contribution is 6.32. The molecule has 3 N–H and O–H groups in total. The maximum Gasteiger partial charge on any atom is 0.349 e. The first-order chi connectivity index (χ1) is 14.7. The Kier molecular flexibility index (Phi) is 5.24. The van der Waals surface area contributed by atoms with E-state index in [4.69, 9.17) is 20.9 Å². The molecule has 162 valence electrons. The van der Waals surface area contributed by atoms with Crippen LogP contribution in [0.4, 0.5) is 0 Å². The van der Waals surface area contributed by atoms with E-state index in [0.29, 0.717) is 10.1 Å². The molecular formula is C20H17ClN2O8. The molecule has 1 amide bonds. The zero-order valence-electron chi connectivity index (χ0n) is 15.9. The number of halogens is 1. The van der Waals surface area contributed by atoms with E-state index in [2.05, 4.69) is 0 Å². The average Bonchev–Trinajstić information content (AvgIpc) is 3.06. The molecule has 0 spiro atoms. The van der Waals surface area contributed by atoms with Crippen molar-refractivity contribution in [3.63, 3.8) is 0 Å². The number of aromatic hydroxyl groups is 3. The van der Waals surface area contributed by atoms with Gasteiger partial charge in [0.05, 0.1) is 10.9 Å². The van der Waals surface area contributed by atoms with Gasteiger partial charge in [-0.1, -0.05) is 11.6 Å². The first-order valence-electron chi connectivity index (χ1n) is 9.32. The van der Waals surface area contributed by atoms with Crippen molar-refractivity contribution in [1.29, 1.82) is 0 Å². The number of benzene rings is 1. The molecular weight excluding hydrogens is 432 g/mol. The Bertz CT molecular complexity index is 1220. The Morgan fingerprint density at radius 2 is 1.71 bits per heavy atom. The molecule has 0 saturated carbocycles. The SMILES string of the molecule is O=C(On1c(O)ccc1O)C1CCN(C(=O)c2cc3cc(Cl)c(O)cc3oc2=O)CC1. The summed E-state index contributed by atoms with van der Waals surface area (Å²) in [5.74, 6) is -2.85. The van der Waals surface area contributed by atoms with Crippen molar-refractivity contribution in [1.82, 2.24) is 9.63 Å². The van der Waals surface area contributed by atoms with E-state index in [1.165, 1.54) is 35.2 Å². The van der Waals surface area contributed by atoms with Gasteiger partial charge >= 0.3 is 11.6 Å². The fourth-order valence-corrected chi connectivity index (χ4v) is 3.60. The zero-order chi connectivity index (χ0) is 22.3. The fraction of sp³-hybridized carbons (Fsp3) is 0.250. The third-order valence-electron chi connectivity index (χ3n) is 5.13. The van der Waals surface area contributed by atoms with E-state index >= 15 is 0 Å². The van der Waals surface area contributed by atoms with Crippen molar-refractivity contribution in [3.05, 3.63) is 51.3 Å². The summed E-state index contributed by atoms with van der Waals surface area (Å²) in [7, 11) is 0. The summed E-state index contributed by atoms with van der Waals surface area (Å²) < 4.78 is 5.75. The van der Waals surface area contributed by atoms with Gasteiger partial charge in [-0.25, -0.2) is 9.59 Å². The largest absolute Gasteiger partial charge is 0.506 e. The van der Waals surface area contributed by atoms with Gasteiger partial charge in [0.15, 0.2) is 0 Å².